The van der Waals surface area contributed by atoms with Crippen molar-refractivity contribution in [2.75, 3.05) is 5.32 Å². The van der Waals surface area contributed by atoms with Crippen molar-refractivity contribution in [1.29, 1.82) is 0 Å². The van der Waals surface area contributed by atoms with Gasteiger partial charge in [0.05, 0.1) is 10.6 Å². The summed E-state index contributed by atoms with van der Waals surface area (Å²) in [4.78, 5) is 32.8. The first kappa shape index (κ1) is 13.4. The summed E-state index contributed by atoms with van der Waals surface area (Å²) in [6.45, 7) is 0. The summed E-state index contributed by atoms with van der Waals surface area (Å²) in [5.41, 5.74) is 0.944. The zero-order chi connectivity index (χ0) is 14.5. The number of anilines is 1. The number of nitrogens with one attached hydrogen (secondary N) is 1. The third-order valence-corrected chi connectivity index (χ3v) is 2.68. The second kappa shape index (κ2) is 5.75. The molecule has 20 heavy (non-hydrogen) atoms. The number of carbonyl (C=O) groups is 2. The van der Waals surface area contributed by atoms with E-state index in [1.807, 2.05) is 0 Å². The molecule has 0 heterocycles. The van der Waals surface area contributed by atoms with E-state index in [1.54, 1.807) is 24.3 Å². The molecule has 100 valence electrons. The molecule has 2 rings (SSSR count). The fourth-order valence-electron chi connectivity index (χ4n) is 1.64. The predicted molar refractivity (Wildman–Crippen MR) is 72.9 cm³/mol. The molecule has 0 aliphatic carbocycles. The van der Waals surface area contributed by atoms with Gasteiger partial charge in [-0.05, 0) is 24.3 Å². The number of nitrogens with zero attached hydrogens (tertiary/aromatic N) is 1. The lowest BCUT2D eigenvalue weighted by Crippen LogP contribution is -2.13. The SMILES string of the molecule is O=Cc1ccccc1NC(=O)c1ccc([N+](=O)[O-])cc1. The average molecular weight is 270 g/mol. The minimum Gasteiger partial charge on any atom is -0.321 e. The molecule has 0 spiro atoms. The normalized spacial score (nSPS) is 9.80. The fourth-order valence-corrected chi connectivity index (χ4v) is 1.64. The van der Waals surface area contributed by atoms with E-state index in [9.17, 15) is 19.7 Å². The Kier molecular flexibility index (Phi) is 3.85. The van der Waals surface area contributed by atoms with E-state index in [2.05, 4.69) is 5.32 Å². The molecule has 0 aromatic heterocycles. The van der Waals surface area contributed by atoms with Crippen molar-refractivity contribution in [2.45, 2.75) is 0 Å². The van der Waals surface area contributed by atoms with Crippen molar-refractivity contribution in [3.63, 3.8) is 0 Å². The second-order valence-electron chi connectivity index (χ2n) is 3.96. The first-order valence-corrected chi connectivity index (χ1v) is 5.72. The number of rotatable bonds is 4. The summed E-state index contributed by atoms with van der Waals surface area (Å²) in [7, 11) is 0. The summed E-state index contributed by atoms with van der Waals surface area (Å²) in [5.74, 6) is -0.436. The monoisotopic (exact) mass is 270 g/mol. The van der Waals surface area contributed by atoms with E-state index >= 15 is 0 Å². The number of benzene rings is 2. The number of hydrogen-bond donors (Lipinski definition) is 1. The van der Waals surface area contributed by atoms with Gasteiger partial charge in [0.1, 0.15) is 0 Å². The first-order valence-electron chi connectivity index (χ1n) is 5.72. The second-order valence-corrected chi connectivity index (χ2v) is 3.96. The van der Waals surface area contributed by atoms with E-state index in [0.29, 0.717) is 17.5 Å². The minimum atomic E-state index is -0.538. The zero-order valence-corrected chi connectivity index (χ0v) is 10.3. The van der Waals surface area contributed by atoms with Crippen LogP contribution in [0.4, 0.5) is 11.4 Å². The Labute approximate surface area is 114 Å². The molecule has 0 saturated heterocycles. The molecule has 1 amide bonds. The molecule has 1 N–H and O–H groups in total. The van der Waals surface area contributed by atoms with Crippen molar-refractivity contribution in [2.24, 2.45) is 0 Å². The van der Waals surface area contributed by atoms with Crippen LogP contribution in [0.1, 0.15) is 20.7 Å². The molecule has 2 aromatic carbocycles. The topological polar surface area (TPSA) is 89.3 Å². The molecule has 0 aliphatic heterocycles. The van der Waals surface area contributed by atoms with Gasteiger partial charge in [-0.2, -0.15) is 0 Å². The lowest BCUT2D eigenvalue weighted by Gasteiger charge is -2.07. The van der Waals surface area contributed by atoms with Crippen molar-refractivity contribution in [1.82, 2.24) is 0 Å². The van der Waals surface area contributed by atoms with Crippen LogP contribution >= 0.6 is 0 Å². The number of carbonyl (C=O) groups excluding carboxylic acids is 2. The van der Waals surface area contributed by atoms with E-state index in [0.717, 1.165) is 0 Å². The summed E-state index contributed by atoms with van der Waals surface area (Å²) in [6, 6.07) is 11.8. The highest BCUT2D eigenvalue weighted by molar-refractivity contribution is 6.06. The molecule has 6 heteroatoms. The maximum Gasteiger partial charge on any atom is 0.269 e. The lowest BCUT2D eigenvalue weighted by atomic mass is 10.1. The standard InChI is InChI=1S/C14H10N2O4/c17-9-11-3-1-2-4-13(11)15-14(18)10-5-7-12(8-6-10)16(19)20/h1-9H,(H,15,18). The van der Waals surface area contributed by atoms with Gasteiger partial charge in [-0.3, -0.25) is 19.7 Å². The van der Waals surface area contributed by atoms with Crippen LogP contribution in [-0.2, 0) is 0 Å². The highest BCUT2D eigenvalue weighted by Crippen LogP contribution is 2.16. The van der Waals surface area contributed by atoms with Crippen LogP contribution in [0.2, 0.25) is 0 Å². The Bertz CT molecular complexity index is 665. The minimum absolute atomic E-state index is 0.0881. The molecule has 0 fully saturated rings. The number of amides is 1. The molecular weight excluding hydrogens is 260 g/mol. The quantitative estimate of drug-likeness (QED) is 0.525. The van der Waals surface area contributed by atoms with Crippen LogP contribution in [0.15, 0.2) is 48.5 Å². The van der Waals surface area contributed by atoms with Crippen molar-refractivity contribution < 1.29 is 14.5 Å². The predicted octanol–water partition coefficient (Wildman–Crippen LogP) is 2.66. The smallest absolute Gasteiger partial charge is 0.269 e. The molecule has 2 aromatic rings. The molecule has 0 bridgehead atoms. The van der Waals surface area contributed by atoms with Gasteiger partial charge in [0.2, 0.25) is 0 Å². The number of non-ortho nitro benzene ring substituents is 1. The van der Waals surface area contributed by atoms with Gasteiger partial charge in [0.25, 0.3) is 11.6 Å². The first-order chi connectivity index (χ1) is 9.61. The molecule has 0 atom stereocenters. The van der Waals surface area contributed by atoms with Crippen LogP contribution in [0, 0.1) is 10.1 Å². The Morgan fingerprint density at radius 2 is 1.75 bits per heavy atom. The van der Waals surface area contributed by atoms with E-state index in [4.69, 9.17) is 0 Å². The third-order valence-electron chi connectivity index (χ3n) is 2.68. The molecule has 0 saturated carbocycles. The molecule has 0 aliphatic rings. The van der Waals surface area contributed by atoms with Crippen molar-refractivity contribution >= 4 is 23.6 Å². The number of hydrogen-bond acceptors (Lipinski definition) is 4. The molecule has 6 nitrogen and oxygen atoms in total. The van der Waals surface area contributed by atoms with Crippen molar-refractivity contribution in [3.05, 3.63) is 69.8 Å². The highest BCUT2D eigenvalue weighted by atomic mass is 16.6. The number of aldehydes is 1. The summed E-state index contributed by atoms with van der Waals surface area (Å²) in [5, 5.41) is 13.1. The Morgan fingerprint density at radius 1 is 1.10 bits per heavy atom. The third kappa shape index (κ3) is 2.86. The van der Waals surface area contributed by atoms with E-state index in [-0.39, 0.29) is 11.3 Å². The number of nitro benzene ring substituents is 1. The van der Waals surface area contributed by atoms with E-state index < -0.39 is 10.8 Å². The van der Waals surface area contributed by atoms with Crippen LogP contribution in [0.5, 0.6) is 0 Å². The van der Waals surface area contributed by atoms with Crippen LogP contribution in [-0.4, -0.2) is 17.1 Å². The zero-order valence-electron chi connectivity index (χ0n) is 10.3. The van der Waals surface area contributed by atoms with Gasteiger partial charge in [-0.1, -0.05) is 12.1 Å². The van der Waals surface area contributed by atoms with Crippen LogP contribution in [0.25, 0.3) is 0 Å². The Balaban J connectivity index is 2.19. The largest absolute Gasteiger partial charge is 0.321 e. The summed E-state index contributed by atoms with van der Waals surface area (Å²) >= 11 is 0. The van der Waals surface area contributed by atoms with Crippen LogP contribution < -0.4 is 5.32 Å². The van der Waals surface area contributed by atoms with Gasteiger partial charge in [0, 0.05) is 23.3 Å². The Morgan fingerprint density at radius 3 is 2.35 bits per heavy atom. The van der Waals surface area contributed by atoms with Gasteiger partial charge in [0.15, 0.2) is 6.29 Å². The van der Waals surface area contributed by atoms with Gasteiger partial charge < -0.3 is 5.32 Å². The van der Waals surface area contributed by atoms with Crippen LogP contribution in [0.3, 0.4) is 0 Å². The van der Waals surface area contributed by atoms with Crippen molar-refractivity contribution in [3.8, 4) is 0 Å². The maximum absolute atomic E-state index is 12.0. The van der Waals surface area contributed by atoms with Gasteiger partial charge in [-0.25, -0.2) is 0 Å². The van der Waals surface area contributed by atoms with Gasteiger partial charge in [-0.15, -0.1) is 0 Å². The molecule has 0 radical (unpaired) electrons. The maximum atomic E-state index is 12.0. The molecular formula is C14H10N2O4. The summed E-state index contributed by atoms with van der Waals surface area (Å²) in [6.07, 6.45) is 0.644. The average Bonchev–Trinajstić information content (AvgIpc) is 2.48. The summed E-state index contributed by atoms with van der Waals surface area (Å²) < 4.78 is 0. The molecule has 0 unspecified atom stereocenters. The Hall–Kier alpha value is -3.02. The number of nitro groups is 1. The number of para-hydroxylation sites is 1. The van der Waals surface area contributed by atoms with E-state index in [1.165, 1.54) is 24.3 Å². The van der Waals surface area contributed by atoms with Gasteiger partial charge >= 0.3 is 0 Å². The lowest BCUT2D eigenvalue weighted by molar-refractivity contribution is -0.384. The highest BCUT2D eigenvalue weighted by Gasteiger charge is 2.11. The fraction of sp³-hybridized carbons (Fsp3) is 0.